The molecule has 0 aromatic rings. The second-order valence-electron chi connectivity index (χ2n) is 3.09. The van der Waals surface area contributed by atoms with Crippen LogP contribution in [0.2, 0.25) is 0 Å². The van der Waals surface area contributed by atoms with Crippen LogP contribution in [-0.4, -0.2) is 17.3 Å². The van der Waals surface area contributed by atoms with Crippen molar-refractivity contribution in [3.8, 4) is 0 Å². The second-order valence-corrected chi connectivity index (χ2v) is 3.09. The first-order valence-corrected chi connectivity index (χ1v) is 3.00. The van der Waals surface area contributed by atoms with Gasteiger partial charge in [0.25, 0.3) is 5.92 Å². The van der Waals surface area contributed by atoms with E-state index in [9.17, 15) is 8.78 Å². The summed E-state index contributed by atoms with van der Waals surface area (Å²) in [5.74, 6) is -3.59. The lowest BCUT2D eigenvalue weighted by molar-refractivity contribution is 0.0719. The van der Waals surface area contributed by atoms with Crippen LogP contribution >= 0.6 is 0 Å². The third kappa shape index (κ3) is 0.646. The van der Waals surface area contributed by atoms with Crippen molar-refractivity contribution in [1.82, 2.24) is 0 Å². The highest BCUT2D eigenvalue weighted by atomic mass is 19.3. The number of rotatable bonds is 1. The lowest BCUT2D eigenvalue weighted by Gasteiger charge is -1.95. The molecule has 2 nitrogen and oxygen atoms in total. The van der Waals surface area contributed by atoms with Crippen LogP contribution in [0.1, 0.15) is 13.8 Å². The summed E-state index contributed by atoms with van der Waals surface area (Å²) in [6.45, 7) is 2.89. The normalized spacial score (nSPS) is 34.6. The average molecular weight is 149 g/mol. The zero-order valence-corrected chi connectivity index (χ0v) is 5.81. The minimum atomic E-state index is -2.70. The molecule has 0 amide bonds. The van der Waals surface area contributed by atoms with Gasteiger partial charge in [0.05, 0.1) is 12.1 Å². The van der Waals surface area contributed by atoms with Crippen molar-refractivity contribution >= 4 is 6.21 Å². The molecule has 0 aromatic carbocycles. The first-order valence-electron chi connectivity index (χ1n) is 3.00. The molecule has 1 atom stereocenters. The van der Waals surface area contributed by atoms with Crippen LogP contribution in [0.15, 0.2) is 5.16 Å². The molecule has 0 heterocycles. The van der Waals surface area contributed by atoms with Crippen molar-refractivity contribution in [3.05, 3.63) is 0 Å². The van der Waals surface area contributed by atoms with Gasteiger partial charge < -0.3 is 5.21 Å². The number of alkyl halides is 2. The smallest absolute Gasteiger partial charge is 0.262 e. The maximum absolute atomic E-state index is 12.6. The highest BCUT2D eigenvalue weighted by Crippen LogP contribution is 2.64. The Morgan fingerprint density at radius 2 is 1.90 bits per heavy atom. The molecule has 1 aliphatic carbocycles. The minimum absolute atomic E-state index is 0.889. The third-order valence-electron chi connectivity index (χ3n) is 2.16. The summed E-state index contributed by atoms with van der Waals surface area (Å²) in [5.41, 5.74) is -1.03. The Hall–Kier alpha value is -0.670. The minimum Gasteiger partial charge on any atom is -0.411 e. The molecule has 1 fully saturated rings. The largest absolute Gasteiger partial charge is 0.411 e. The molecule has 1 saturated carbocycles. The van der Waals surface area contributed by atoms with E-state index in [0.29, 0.717) is 0 Å². The van der Waals surface area contributed by atoms with E-state index in [-0.39, 0.29) is 0 Å². The number of halogens is 2. The van der Waals surface area contributed by atoms with E-state index in [2.05, 4.69) is 5.16 Å². The van der Waals surface area contributed by atoms with Crippen molar-refractivity contribution in [1.29, 1.82) is 0 Å². The molecule has 4 heteroatoms. The predicted octanol–water partition coefficient (Wildman–Crippen LogP) is 1.74. The fourth-order valence-corrected chi connectivity index (χ4v) is 1.04. The summed E-state index contributed by atoms with van der Waals surface area (Å²) >= 11 is 0. The Bertz CT molecular complexity index is 163. The molecule has 0 bridgehead atoms. The van der Waals surface area contributed by atoms with Crippen LogP contribution in [0.5, 0.6) is 0 Å². The van der Waals surface area contributed by atoms with Gasteiger partial charge in [-0.05, 0) is 0 Å². The highest BCUT2D eigenvalue weighted by Gasteiger charge is 2.74. The molecule has 1 aliphatic rings. The summed E-state index contributed by atoms with van der Waals surface area (Å²) in [5, 5.41) is 10.6. The van der Waals surface area contributed by atoms with Gasteiger partial charge in [0.15, 0.2) is 0 Å². The van der Waals surface area contributed by atoms with Gasteiger partial charge in [-0.15, -0.1) is 5.16 Å². The quantitative estimate of drug-likeness (QED) is 0.344. The van der Waals surface area contributed by atoms with Crippen molar-refractivity contribution in [2.24, 2.45) is 16.5 Å². The lowest BCUT2D eigenvalue weighted by atomic mass is 10.1. The van der Waals surface area contributed by atoms with E-state index < -0.39 is 17.3 Å². The van der Waals surface area contributed by atoms with E-state index in [0.717, 1.165) is 6.21 Å². The molecule has 58 valence electrons. The molecule has 0 spiro atoms. The van der Waals surface area contributed by atoms with Crippen molar-refractivity contribution < 1.29 is 14.0 Å². The average Bonchev–Trinajstić information content (AvgIpc) is 2.13. The molecule has 10 heavy (non-hydrogen) atoms. The van der Waals surface area contributed by atoms with E-state index >= 15 is 0 Å². The molecular formula is C6H9F2NO. The van der Waals surface area contributed by atoms with Gasteiger partial charge in [-0.1, -0.05) is 13.8 Å². The van der Waals surface area contributed by atoms with E-state index in [1.54, 1.807) is 0 Å². The number of nitrogens with zero attached hydrogens (tertiary/aromatic N) is 1. The SMILES string of the molecule is CC1(C)C(C=NO)C1(F)F. The summed E-state index contributed by atoms with van der Waals surface area (Å²) in [6.07, 6.45) is 0.889. The Morgan fingerprint density at radius 3 is 2.00 bits per heavy atom. The van der Waals surface area contributed by atoms with Crippen molar-refractivity contribution in [3.63, 3.8) is 0 Å². The zero-order valence-electron chi connectivity index (χ0n) is 5.81. The monoisotopic (exact) mass is 149 g/mol. The van der Waals surface area contributed by atoms with E-state index in [4.69, 9.17) is 5.21 Å². The van der Waals surface area contributed by atoms with Gasteiger partial charge in [0.2, 0.25) is 0 Å². The summed E-state index contributed by atoms with van der Waals surface area (Å²) in [7, 11) is 0. The van der Waals surface area contributed by atoms with Crippen molar-refractivity contribution in [2.45, 2.75) is 19.8 Å². The van der Waals surface area contributed by atoms with Gasteiger partial charge in [-0.3, -0.25) is 0 Å². The maximum Gasteiger partial charge on any atom is 0.262 e. The molecule has 0 aliphatic heterocycles. The molecule has 0 radical (unpaired) electrons. The highest BCUT2D eigenvalue weighted by molar-refractivity contribution is 5.68. The lowest BCUT2D eigenvalue weighted by Crippen LogP contribution is -1.99. The summed E-state index contributed by atoms with van der Waals surface area (Å²) < 4.78 is 25.1. The Morgan fingerprint density at radius 1 is 1.50 bits per heavy atom. The van der Waals surface area contributed by atoms with Gasteiger partial charge >= 0.3 is 0 Å². The topological polar surface area (TPSA) is 32.6 Å². The predicted molar refractivity (Wildman–Crippen MR) is 32.5 cm³/mol. The first-order chi connectivity index (χ1) is 4.44. The fraction of sp³-hybridized carbons (Fsp3) is 0.833. The Kier molecular flexibility index (Phi) is 1.25. The molecule has 0 saturated heterocycles. The van der Waals surface area contributed by atoms with Gasteiger partial charge in [-0.25, -0.2) is 8.78 Å². The fourth-order valence-electron chi connectivity index (χ4n) is 1.04. The van der Waals surface area contributed by atoms with Gasteiger partial charge in [-0.2, -0.15) is 0 Å². The Balaban J connectivity index is 2.71. The molecule has 1 N–H and O–H groups in total. The molecule has 1 rings (SSSR count). The maximum atomic E-state index is 12.6. The van der Waals surface area contributed by atoms with Gasteiger partial charge in [0.1, 0.15) is 0 Å². The van der Waals surface area contributed by atoms with E-state index in [1.807, 2.05) is 0 Å². The first kappa shape index (κ1) is 7.44. The number of hydrogen-bond donors (Lipinski definition) is 1. The van der Waals surface area contributed by atoms with Crippen LogP contribution in [0.3, 0.4) is 0 Å². The van der Waals surface area contributed by atoms with Crippen LogP contribution < -0.4 is 0 Å². The van der Waals surface area contributed by atoms with Crippen molar-refractivity contribution in [2.75, 3.05) is 0 Å². The third-order valence-corrected chi connectivity index (χ3v) is 2.16. The second kappa shape index (κ2) is 1.68. The van der Waals surface area contributed by atoms with Crippen LogP contribution in [-0.2, 0) is 0 Å². The van der Waals surface area contributed by atoms with Gasteiger partial charge in [0, 0.05) is 5.41 Å². The molecule has 1 unspecified atom stereocenters. The number of oxime groups is 1. The summed E-state index contributed by atoms with van der Waals surface area (Å²) in [6, 6.07) is 0. The zero-order chi connectivity index (χ0) is 7.99. The summed E-state index contributed by atoms with van der Waals surface area (Å²) in [4.78, 5) is 0. The van der Waals surface area contributed by atoms with E-state index in [1.165, 1.54) is 13.8 Å². The van der Waals surface area contributed by atoms with Crippen LogP contribution in [0.25, 0.3) is 0 Å². The van der Waals surface area contributed by atoms with Crippen LogP contribution in [0.4, 0.5) is 8.78 Å². The standard InChI is InChI=1S/C6H9F2NO/c1-5(2)4(3-9-10)6(5,7)8/h3-4,10H,1-2H3. The van der Waals surface area contributed by atoms with Crippen LogP contribution in [0, 0.1) is 11.3 Å². The Labute approximate surface area is 57.5 Å². The molecular weight excluding hydrogens is 140 g/mol. The number of hydrogen-bond acceptors (Lipinski definition) is 2. The molecule has 0 aromatic heterocycles.